The van der Waals surface area contributed by atoms with E-state index in [0.29, 0.717) is 31.6 Å². The largest absolute Gasteiger partial charge is 0.480 e. The maximum atomic E-state index is 5.76. The van der Waals surface area contributed by atoms with Gasteiger partial charge in [-0.1, -0.05) is 44.2 Å². The third-order valence-electron chi connectivity index (χ3n) is 3.08. The van der Waals surface area contributed by atoms with Crippen LogP contribution in [0.5, 0.6) is 0 Å². The lowest BCUT2D eigenvalue weighted by Gasteiger charge is -2.23. The number of nitrogens with zero attached hydrogens (tertiary/aromatic N) is 2. The molecule has 0 saturated carbocycles. The summed E-state index contributed by atoms with van der Waals surface area (Å²) < 4.78 is 11.3. The summed E-state index contributed by atoms with van der Waals surface area (Å²) in [6.07, 6.45) is 0. The summed E-state index contributed by atoms with van der Waals surface area (Å²) in [5.74, 6) is 1.77. The molecule has 1 aliphatic heterocycles. The average molecular weight is 274 g/mol. The molecule has 0 saturated heterocycles. The Hall–Kier alpha value is -1.84. The van der Waals surface area contributed by atoms with Crippen LogP contribution in [0.15, 0.2) is 40.3 Å². The molecule has 0 aliphatic carbocycles. The lowest BCUT2D eigenvalue weighted by Crippen LogP contribution is -2.33. The minimum atomic E-state index is -0.0329. The number of benzene rings is 1. The SMILES string of the molecule is CCOC1=NCC(OCc2ccccc2)=N[C@H]1C(C)C. The first-order valence-corrected chi connectivity index (χ1v) is 7.11. The van der Waals surface area contributed by atoms with Gasteiger partial charge in [0.2, 0.25) is 11.8 Å². The highest BCUT2D eigenvalue weighted by Crippen LogP contribution is 2.15. The fraction of sp³-hybridized carbons (Fsp3) is 0.500. The van der Waals surface area contributed by atoms with Crippen LogP contribution in [-0.4, -0.2) is 31.0 Å². The number of hydrogen-bond acceptors (Lipinski definition) is 4. The first kappa shape index (κ1) is 14.6. The number of rotatable bonds is 4. The second-order valence-corrected chi connectivity index (χ2v) is 5.07. The number of hydrogen-bond donors (Lipinski definition) is 0. The molecule has 0 spiro atoms. The third-order valence-corrected chi connectivity index (χ3v) is 3.08. The highest BCUT2D eigenvalue weighted by molar-refractivity contribution is 5.92. The Labute approximate surface area is 120 Å². The van der Waals surface area contributed by atoms with E-state index in [1.54, 1.807) is 0 Å². The van der Waals surface area contributed by atoms with Crippen molar-refractivity contribution in [2.45, 2.75) is 33.4 Å². The molecule has 1 aromatic rings. The van der Waals surface area contributed by atoms with Crippen molar-refractivity contribution in [1.29, 1.82) is 0 Å². The van der Waals surface area contributed by atoms with Crippen molar-refractivity contribution in [3.8, 4) is 0 Å². The molecule has 0 amide bonds. The van der Waals surface area contributed by atoms with Crippen LogP contribution in [0.25, 0.3) is 0 Å². The standard InChI is InChI=1S/C16H22N2O2/c1-4-19-16-15(12(2)3)18-14(10-17-16)20-11-13-8-6-5-7-9-13/h5-9,12,15H,4,10-11H2,1-3H3/t15-/m0/s1. The van der Waals surface area contributed by atoms with E-state index in [9.17, 15) is 0 Å². The number of ether oxygens (including phenoxy) is 2. The highest BCUT2D eigenvalue weighted by Gasteiger charge is 2.25. The van der Waals surface area contributed by atoms with Gasteiger partial charge in [0.1, 0.15) is 19.2 Å². The van der Waals surface area contributed by atoms with Crippen LogP contribution in [0.4, 0.5) is 0 Å². The molecule has 0 N–H and O–H groups in total. The fourth-order valence-corrected chi connectivity index (χ4v) is 2.03. The topological polar surface area (TPSA) is 43.2 Å². The van der Waals surface area contributed by atoms with Crippen LogP contribution in [0.2, 0.25) is 0 Å². The molecule has 4 heteroatoms. The Balaban J connectivity index is 1.98. The maximum Gasteiger partial charge on any atom is 0.209 e. The van der Waals surface area contributed by atoms with Gasteiger partial charge in [0.15, 0.2) is 0 Å². The van der Waals surface area contributed by atoms with Gasteiger partial charge >= 0.3 is 0 Å². The van der Waals surface area contributed by atoms with Gasteiger partial charge in [0.25, 0.3) is 0 Å². The van der Waals surface area contributed by atoms with Crippen LogP contribution in [0.1, 0.15) is 26.3 Å². The van der Waals surface area contributed by atoms with Crippen molar-refractivity contribution < 1.29 is 9.47 Å². The molecule has 108 valence electrons. The maximum absolute atomic E-state index is 5.76. The van der Waals surface area contributed by atoms with Crippen molar-refractivity contribution in [1.82, 2.24) is 0 Å². The van der Waals surface area contributed by atoms with E-state index in [-0.39, 0.29) is 6.04 Å². The second-order valence-electron chi connectivity index (χ2n) is 5.07. The van der Waals surface area contributed by atoms with E-state index in [1.807, 2.05) is 37.3 Å². The summed E-state index contributed by atoms with van der Waals surface area (Å²) in [5.41, 5.74) is 1.14. The summed E-state index contributed by atoms with van der Waals surface area (Å²) >= 11 is 0. The van der Waals surface area contributed by atoms with Gasteiger partial charge < -0.3 is 9.47 Å². The lowest BCUT2D eigenvalue weighted by atomic mass is 10.0. The average Bonchev–Trinajstić information content (AvgIpc) is 2.47. The molecule has 1 aliphatic rings. The molecule has 0 aromatic heterocycles. The molecular formula is C16H22N2O2. The Morgan fingerprint density at radius 2 is 1.95 bits per heavy atom. The molecule has 1 aromatic carbocycles. The molecule has 0 unspecified atom stereocenters. The summed E-state index contributed by atoms with van der Waals surface area (Å²) in [5, 5.41) is 0. The molecular weight excluding hydrogens is 252 g/mol. The van der Waals surface area contributed by atoms with Crippen LogP contribution >= 0.6 is 0 Å². The predicted octanol–water partition coefficient (Wildman–Crippen LogP) is 3.07. The Morgan fingerprint density at radius 1 is 1.20 bits per heavy atom. The zero-order valence-corrected chi connectivity index (χ0v) is 12.4. The van der Waals surface area contributed by atoms with Gasteiger partial charge in [-0.2, -0.15) is 0 Å². The molecule has 0 fully saturated rings. The monoisotopic (exact) mass is 274 g/mol. The Bertz CT molecular complexity index is 481. The normalized spacial score (nSPS) is 18.5. The smallest absolute Gasteiger partial charge is 0.209 e. The highest BCUT2D eigenvalue weighted by atomic mass is 16.5. The summed E-state index contributed by atoms with van der Waals surface area (Å²) in [7, 11) is 0. The van der Waals surface area contributed by atoms with Crippen LogP contribution in [0, 0.1) is 5.92 Å². The number of aliphatic imine (C=N–C) groups is 2. The van der Waals surface area contributed by atoms with E-state index < -0.39 is 0 Å². The minimum absolute atomic E-state index is 0.0329. The minimum Gasteiger partial charge on any atom is -0.480 e. The molecule has 2 rings (SSSR count). The zero-order valence-electron chi connectivity index (χ0n) is 12.4. The quantitative estimate of drug-likeness (QED) is 0.847. The van der Waals surface area contributed by atoms with Crippen LogP contribution < -0.4 is 0 Å². The molecule has 1 heterocycles. The van der Waals surface area contributed by atoms with Crippen molar-refractivity contribution in [2.24, 2.45) is 15.9 Å². The summed E-state index contributed by atoms with van der Waals surface area (Å²) in [6.45, 7) is 7.81. The Kier molecular flexibility index (Phi) is 5.16. The zero-order chi connectivity index (χ0) is 14.4. The van der Waals surface area contributed by atoms with Gasteiger partial charge in [-0.05, 0) is 18.4 Å². The molecule has 0 bridgehead atoms. The van der Waals surface area contributed by atoms with Crippen molar-refractivity contribution in [3.63, 3.8) is 0 Å². The van der Waals surface area contributed by atoms with Crippen molar-refractivity contribution >= 4 is 11.8 Å². The first-order valence-electron chi connectivity index (χ1n) is 7.11. The van der Waals surface area contributed by atoms with Crippen molar-refractivity contribution in [2.75, 3.05) is 13.2 Å². The molecule has 1 atom stereocenters. The van der Waals surface area contributed by atoms with E-state index in [2.05, 4.69) is 23.8 Å². The summed E-state index contributed by atoms with van der Waals surface area (Å²) in [6, 6.07) is 10.0. The van der Waals surface area contributed by atoms with E-state index in [0.717, 1.165) is 11.5 Å². The molecule has 4 nitrogen and oxygen atoms in total. The predicted molar refractivity (Wildman–Crippen MR) is 81.2 cm³/mol. The third kappa shape index (κ3) is 3.83. The van der Waals surface area contributed by atoms with Gasteiger partial charge in [-0.15, -0.1) is 0 Å². The van der Waals surface area contributed by atoms with E-state index >= 15 is 0 Å². The van der Waals surface area contributed by atoms with Gasteiger partial charge in [0.05, 0.1) is 6.61 Å². The molecule has 20 heavy (non-hydrogen) atoms. The van der Waals surface area contributed by atoms with E-state index in [4.69, 9.17) is 9.47 Å². The van der Waals surface area contributed by atoms with Crippen LogP contribution in [0.3, 0.4) is 0 Å². The first-order chi connectivity index (χ1) is 9.70. The van der Waals surface area contributed by atoms with Crippen molar-refractivity contribution in [3.05, 3.63) is 35.9 Å². The Morgan fingerprint density at radius 3 is 2.60 bits per heavy atom. The van der Waals surface area contributed by atoms with Gasteiger partial charge in [-0.3, -0.25) is 0 Å². The second kappa shape index (κ2) is 7.08. The lowest BCUT2D eigenvalue weighted by molar-refractivity contribution is 0.269. The van der Waals surface area contributed by atoms with Crippen LogP contribution in [-0.2, 0) is 16.1 Å². The molecule has 0 radical (unpaired) electrons. The van der Waals surface area contributed by atoms with Gasteiger partial charge in [-0.25, -0.2) is 9.98 Å². The summed E-state index contributed by atoms with van der Waals surface area (Å²) in [4.78, 5) is 9.09. The van der Waals surface area contributed by atoms with Gasteiger partial charge in [0, 0.05) is 0 Å². The van der Waals surface area contributed by atoms with E-state index in [1.165, 1.54) is 0 Å². The fourth-order valence-electron chi connectivity index (χ4n) is 2.03.